The van der Waals surface area contributed by atoms with Gasteiger partial charge in [0.2, 0.25) is 0 Å². The Morgan fingerprint density at radius 2 is 1.75 bits per heavy atom. The molecule has 1 N–H and O–H groups in total. The molecular formula is C15H13ClF3N. The monoisotopic (exact) mass is 299 g/mol. The standard InChI is InChI=1S/C15H13ClF3N/c1-2-20-15(9-3-5-14(19)12(16)7-9)11-8-10(17)4-6-13(11)18/h3-8,15,20H,2H2,1H3. The first-order valence-corrected chi connectivity index (χ1v) is 6.54. The van der Waals surface area contributed by atoms with Crippen molar-refractivity contribution >= 4 is 11.6 Å². The fraction of sp³-hybridized carbons (Fsp3) is 0.200. The van der Waals surface area contributed by atoms with E-state index in [1.807, 2.05) is 6.92 Å². The van der Waals surface area contributed by atoms with Gasteiger partial charge in [-0.05, 0) is 42.4 Å². The maximum Gasteiger partial charge on any atom is 0.141 e. The second-order valence-electron chi connectivity index (χ2n) is 4.33. The van der Waals surface area contributed by atoms with Crippen molar-refractivity contribution in [2.75, 3.05) is 6.54 Å². The van der Waals surface area contributed by atoms with Crippen LogP contribution in [0.4, 0.5) is 13.2 Å². The van der Waals surface area contributed by atoms with E-state index in [2.05, 4.69) is 5.32 Å². The van der Waals surface area contributed by atoms with Crippen LogP contribution in [0.5, 0.6) is 0 Å². The van der Waals surface area contributed by atoms with Gasteiger partial charge in [-0.15, -0.1) is 0 Å². The Balaban J connectivity index is 2.49. The summed E-state index contributed by atoms with van der Waals surface area (Å²) in [6.45, 7) is 2.38. The number of benzene rings is 2. The molecule has 2 aromatic rings. The zero-order valence-corrected chi connectivity index (χ0v) is 11.5. The van der Waals surface area contributed by atoms with Crippen molar-refractivity contribution in [3.63, 3.8) is 0 Å². The molecule has 0 fully saturated rings. The summed E-state index contributed by atoms with van der Waals surface area (Å²) in [6.07, 6.45) is 0. The SMILES string of the molecule is CCNC(c1ccc(F)c(Cl)c1)c1cc(F)ccc1F. The van der Waals surface area contributed by atoms with Gasteiger partial charge in [0.1, 0.15) is 17.5 Å². The first-order chi connectivity index (χ1) is 9.52. The predicted octanol–water partition coefficient (Wildman–Crippen LogP) is 4.46. The van der Waals surface area contributed by atoms with E-state index in [4.69, 9.17) is 11.6 Å². The van der Waals surface area contributed by atoms with Crippen LogP contribution in [0.3, 0.4) is 0 Å². The Morgan fingerprint density at radius 3 is 2.40 bits per heavy atom. The van der Waals surface area contributed by atoms with Crippen LogP contribution in [0.25, 0.3) is 0 Å². The third kappa shape index (κ3) is 3.14. The fourth-order valence-electron chi connectivity index (χ4n) is 2.04. The second kappa shape index (κ2) is 6.29. The number of halogens is 4. The van der Waals surface area contributed by atoms with Crippen LogP contribution < -0.4 is 5.32 Å². The smallest absolute Gasteiger partial charge is 0.141 e. The largest absolute Gasteiger partial charge is 0.306 e. The number of hydrogen-bond donors (Lipinski definition) is 1. The molecule has 0 heterocycles. The molecule has 5 heteroatoms. The molecule has 0 aliphatic carbocycles. The summed E-state index contributed by atoms with van der Waals surface area (Å²) in [5.74, 6) is -1.61. The summed E-state index contributed by atoms with van der Waals surface area (Å²) < 4.78 is 40.4. The van der Waals surface area contributed by atoms with Crippen LogP contribution in [-0.4, -0.2) is 6.54 Å². The topological polar surface area (TPSA) is 12.0 Å². The molecule has 0 saturated carbocycles. The van der Waals surface area contributed by atoms with Gasteiger partial charge in [0, 0.05) is 5.56 Å². The van der Waals surface area contributed by atoms with Crippen molar-refractivity contribution < 1.29 is 13.2 Å². The number of nitrogens with one attached hydrogen (secondary N) is 1. The summed E-state index contributed by atoms with van der Waals surface area (Å²) in [6, 6.07) is 6.78. The van der Waals surface area contributed by atoms with Gasteiger partial charge in [0.05, 0.1) is 11.1 Å². The minimum absolute atomic E-state index is 0.0535. The van der Waals surface area contributed by atoms with Gasteiger partial charge < -0.3 is 5.32 Å². The second-order valence-corrected chi connectivity index (χ2v) is 4.74. The van der Waals surface area contributed by atoms with E-state index >= 15 is 0 Å². The van der Waals surface area contributed by atoms with E-state index in [-0.39, 0.29) is 10.6 Å². The molecule has 1 nitrogen and oxygen atoms in total. The van der Waals surface area contributed by atoms with E-state index in [0.717, 1.165) is 18.2 Å². The summed E-state index contributed by atoms with van der Waals surface area (Å²) in [7, 11) is 0. The summed E-state index contributed by atoms with van der Waals surface area (Å²) in [5.41, 5.74) is 0.734. The fourth-order valence-corrected chi connectivity index (χ4v) is 2.23. The lowest BCUT2D eigenvalue weighted by Gasteiger charge is -2.20. The Hall–Kier alpha value is -1.52. The Morgan fingerprint density at radius 1 is 1.05 bits per heavy atom. The molecule has 20 heavy (non-hydrogen) atoms. The van der Waals surface area contributed by atoms with Crippen molar-refractivity contribution in [3.8, 4) is 0 Å². The molecule has 0 saturated heterocycles. The Labute approximate surface area is 120 Å². The van der Waals surface area contributed by atoms with Crippen molar-refractivity contribution in [1.82, 2.24) is 5.32 Å². The average molecular weight is 300 g/mol. The van der Waals surface area contributed by atoms with Crippen LogP contribution in [0.2, 0.25) is 5.02 Å². The summed E-state index contributed by atoms with van der Waals surface area (Å²) in [4.78, 5) is 0. The molecule has 2 aromatic carbocycles. The lowest BCUT2D eigenvalue weighted by molar-refractivity contribution is 0.544. The van der Waals surface area contributed by atoms with Crippen molar-refractivity contribution in [2.24, 2.45) is 0 Å². The molecule has 0 bridgehead atoms. The van der Waals surface area contributed by atoms with Gasteiger partial charge in [-0.3, -0.25) is 0 Å². The van der Waals surface area contributed by atoms with Crippen molar-refractivity contribution in [1.29, 1.82) is 0 Å². The molecule has 1 unspecified atom stereocenters. The first kappa shape index (κ1) is 14.9. The third-order valence-corrected chi connectivity index (χ3v) is 3.24. The first-order valence-electron chi connectivity index (χ1n) is 6.16. The average Bonchev–Trinajstić information content (AvgIpc) is 2.42. The summed E-state index contributed by atoms with van der Waals surface area (Å²) in [5, 5.41) is 2.99. The molecule has 0 aliphatic rings. The van der Waals surface area contributed by atoms with E-state index < -0.39 is 23.5 Å². The maximum atomic E-state index is 13.9. The van der Waals surface area contributed by atoms with Gasteiger partial charge in [-0.1, -0.05) is 24.6 Å². The molecular weight excluding hydrogens is 287 g/mol. The highest BCUT2D eigenvalue weighted by molar-refractivity contribution is 6.30. The molecule has 0 aliphatic heterocycles. The molecule has 0 aromatic heterocycles. The molecule has 0 spiro atoms. The highest BCUT2D eigenvalue weighted by Crippen LogP contribution is 2.28. The molecule has 2 rings (SSSR count). The summed E-state index contributed by atoms with van der Waals surface area (Å²) >= 11 is 5.75. The lowest BCUT2D eigenvalue weighted by atomic mass is 9.98. The van der Waals surface area contributed by atoms with E-state index in [1.165, 1.54) is 18.2 Å². The molecule has 0 radical (unpaired) electrons. The van der Waals surface area contributed by atoms with Crippen LogP contribution in [0, 0.1) is 17.5 Å². The third-order valence-electron chi connectivity index (χ3n) is 2.95. The van der Waals surface area contributed by atoms with E-state index in [9.17, 15) is 13.2 Å². The molecule has 106 valence electrons. The van der Waals surface area contributed by atoms with Gasteiger partial charge in [0.15, 0.2) is 0 Å². The van der Waals surface area contributed by atoms with Gasteiger partial charge >= 0.3 is 0 Å². The Bertz CT molecular complexity index is 616. The quantitative estimate of drug-likeness (QED) is 0.879. The maximum absolute atomic E-state index is 13.9. The molecule has 0 amide bonds. The lowest BCUT2D eigenvalue weighted by Crippen LogP contribution is -2.23. The van der Waals surface area contributed by atoms with Crippen LogP contribution in [-0.2, 0) is 0 Å². The highest BCUT2D eigenvalue weighted by Gasteiger charge is 2.18. The van der Waals surface area contributed by atoms with Crippen molar-refractivity contribution in [3.05, 3.63) is 70.0 Å². The van der Waals surface area contributed by atoms with E-state index in [1.54, 1.807) is 0 Å². The molecule has 1 atom stereocenters. The van der Waals surface area contributed by atoms with Crippen LogP contribution >= 0.6 is 11.6 Å². The number of rotatable bonds is 4. The zero-order chi connectivity index (χ0) is 14.7. The predicted molar refractivity (Wildman–Crippen MR) is 73.3 cm³/mol. The van der Waals surface area contributed by atoms with Crippen LogP contribution in [0.15, 0.2) is 36.4 Å². The highest BCUT2D eigenvalue weighted by atomic mass is 35.5. The van der Waals surface area contributed by atoms with Crippen molar-refractivity contribution in [2.45, 2.75) is 13.0 Å². The van der Waals surface area contributed by atoms with Crippen LogP contribution in [0.1, 0.15) is 24.1 Å². The normalized spacial score (nSPS) is 12.4. The van der Waals surface area contributed by atoms with Gasteiger partial charge in [-0.2, -0.15) is 0 Å². The van der Waals surface area contributed by atoms with E-state index in [0.29, 0.717) is 12.1 Å². The number of hydrogen-bond acceptors (Lipinski definition) is 1. The minimum Gasteiger partial charge on any atom is -0.306 e. The Kier molecular flexibility index (Phi) is 4.68. The minimum atomic E-state index is -0.589. The van der Waals surface area contributed by atoms with Gasteiger partial charge in [0.25, 0.3) is 0 Å². The van der Waals surface area contributed by atoms with Gasteiger partial charge in [-0.25, -0.2) is 13.2 Å². The zero-order valence-electron chi connectivity index (χ0n) is 10.8.